The van der Waals surface area contributed by atoms with Gasteiger partial charge in [-0.25, -0.2) is 0 Å². The van der Waals surface area contributed by atoms with Crippen LogP contribution in [-0.4, -0.2) is 45.7 Å². The second-order valence-electron chi connectivity index (χ2n) is 3.46. The van der Waals surface area contributed by atoms with Crippen LogP contribution in [0.15, 0.2) is 6.20 Å². The highest BCUT2D eigenvalue weighted by molar-refractivity contribution is 5.91. The summed E-state index contributed by atoms with van der Waals surface area (Å²) in [5, 5.41) is 7.42. The lowest BCUT2D eigenvalue weighted by Gasteiger charge is -2.09. The molecule has 1 amide bonds. The van der Waals surface area contributed by atoms with E-state index in [0.717, 1.165) is 0 Å². The molecule has 0 aliphatic heterocycles. The summed E-state index contributed by atoms with van der Waals surface area (Å²) in [5.41, 5.74) is 0.326. The Morgan fingerprint density at radius 2 is 2.13 bits per heavy atom. The molecule has 0 bridgehead atoms. The van der Waals surface area contributed by atoms with Crippen LogP contribution in [0.2, 0.25) is 0 Å². The molecule has 0 saturated heterocycles. The normalized spacial score (nSPS) is 10.1. The molecule has 0 unspecified atom stereocenters. The van der Waals surface area contributed by atoms with Gasteiger partial charge in [-0.15, -0.1) is 5.10 Å². The van der Waals surface area contributed by atoms with Crippen LogP contribution in [0.5, 0.6) is 0 Å². The van der Waals surface area contributed by atoms with Crippen LogP contribution in [0.1, 0.15) is 23.8 Å². The molecule has 0 aliphatic rings. The van der Waals surface area contributed by atoms with E-state index in [4.69, 9.17) is 0 Å². The number of nitrogens with zero attached hydrogens (tertiary/aromatic N) is 4. The summed E-state index contributed by atoms with van der Waals surface area (Å²) in [6, 6.07) is 0. The van der Waals surface area contributed by atoms with Gasteiger partial charge in [0, 0.05) is 27.4 Å². The van der Waals surface area contributed by atoms with E-state index in [0.29, 0.717) is 18.7 Å². The minimum atomic E-state index is -0.125. The Morgan fingerprint density at radius 1 is 1.47 bits per heavy atom. The van der Waals surface area contributed by atoms with Crippen LogP contribution in [0.4, 0.5) is 0 Å². The Balaban J connectivity index is 2.51. The zero-order valence-electron chi connectivity index (χ0n) is 9.10. The molecule has 1 aromatic rings. The van der Waals surface area contributed by atoms with E-state index in [1.165, 1.54) is 16.5 Å². The van der Waals surface area contributed by atoms with Gasteiger partial charge >= 0.3 is 0 Å². The number of aryl methyl sites for hydroxylation is 1. The summed E-state index contributed by atoms with van der Waals surface area (Å²) >= 11 is 0. The minimum absolute atomic E-state index is 0.0230. The van der Waals surface area contributed by atoms with Gasteiger partial charge in [0.1, 0.15) is 5.69 Å². The fourth-order valence-corrected chi connectivity index (χ4v) is 1.00. The smallest absolute Gasteiger partial charge is 0.223 e. The van der Waals surface area contributed by atoms with E-state index in [1.807, 2.05) is 0 Å². The molecule has 6 nitrogen and oxygen atoms in total. The molecule has 0 aromatic carbocycles. The summed E-state index contributed by atoms with van der Waals surface area (Å²) in [5.74, 6) is -0.102. The molecule has 1 heterocycles. The Labute approximate surface area is 87.9 Å². The third-order valence-corrected chi connectivity index (χ3v) is 1.95. The van der Waals surface area contributed by atoms with E-state index in [-0.39, 0.29) is 11.7 Å². The predicted molar refractivity (Wildman–Crippen MR) is 53.3 cm³/mol. The summed E-state index contributed by atoms with van der Waals surface area (Å²) in [4.78, 5) is 23.7. The number of amides is 1. The molecular formula is C9H14N4O2. The molecule has 6 heteroatoms. The van der Waals surface area contributed by atoms with Crippen molar-refractivity contribution in [3.8, 4) is 0 Å². The quantitative estimate of drug-likeness (QED) is 0.654. The molecule has 1 aromatic heterocycles. The second kappa shape index (κ2) is 4.68. The predicted octanol–water partition coefficient (Wildman–Crippen LogP) is -0.0410. The van der Waals surface area contributed by atoms with Crippen molar-refractivity contribution >= 4 is 11.7 Å². The number of carbonyl (C=O) groups is 2. The zero-order valence-corrected chi connectivity index (χ0v) is 9.10. The van der Waals surface area contributed by atoms with Crippen LogP contribution in [0, 0.1) is 0 Å². The van der Waals surface area contributed by atoms with Gasteiger partial charge < -0.3 is 4.90 Å². The minimum Gasteiger partial charge on any atom is -0.349 e. The molecule has 0 aliphatic carbocycles. The Hall–Kier alpha value is -1.72. The van der Waals surface area contributed by atoms with Crippen LogP contribution in [-0.2, 0) is 11.3 Å². The number of hydrogen-bond acceptors (Lipinski definition) is 4. The van der Waals surface area contributed by atoms with Gasteiger partial charge in [0.25, 0.3) is 0 Å². The molecule has 82 valence electrons. The number of hydrogen-bond donors (Lipinski definition) is 0. The fraction of sp³-hybridized carbons (Fsp3) is 0.556. The number of Topliss-reactive ketones (excluding diaryl/α,β-unsaturated/α-hetero) is 1. The first-order valence-electron chi connectivity index (χ1n) is 4.62. The maximum absolute atomic E-state index is 11.3. The van der Waals surface area contributed by atoms with Crippen molar-refractivity contribution < 1.29 is 9.59 Å². The van der Waals surface area contributed by atoms with E-state index in [1.54, 1.807) is 20.3 Å². The first-order valence-corrected chi connectivity index (χ1v) is 4.62. The topological polar surface area (TPSA) is 68.1 Å². The number of rotatable bonds is 4. The van der Waals surface area contributed by atoms with Gasteiger partial charge in [-0.05, 0) is 0 Å². The summed E-state index contributed by atoms with van der Waals surface area (Å²) in [7, 11) is 3.40. The molecule has 0 N–H and O–H groups in total. The monoisotopic (exact) mass is 210 g/mol. The average molecular weight is 210 g/mol. The van der Waals surface area contributed by atoms with Gasteiger partial charge in [-0.1, -0.05) is 5.21 Å². The first-order chi connectivity index (χ1) is 7.00. The third-order valence-electron chi connectivity index (χ3n) is 1.95. The van der Waals surface area contributed by atoms with Gasteiger partial charge in [-0.2, -0.15) is 0 Å². The van der Waals surface area contributed by atoms with Crippen LogP contribution >= 0.6 is 0 Å². The molecule has 0 atom stereocenters. The summed E-state index contributed by atoms with van der Waals surface area (Å²) < 4.78 is 1.50. The Morgan fingerprint density at radius 3 is 2.60 bits per heavy atom. The van der Waals surface area contributed by atoms with Gasteiger partial charge in [0.05, 0.1) is 12.7 Å². The molecule has 0 radical (unpaired) electrons. The van der Waals surface area contributed by atoms with Gasteiger partial charge in [0.2, 0.25) is 5.91 Å². The average Bonchev–Trinajstić information content (AvgIpc) is 2.62. The Kier molecular flexibility index (Phi) is 3.54. The lowest BCUT2D eigenvalue weighted by molar-refractivity contribution is -0.128. The van der Waals surface area contributed by atoms with Crippen molar-refractivity contribution in [3.05, 3.63) is 11.9 Å². The number of carbonyl (C=O) groups excluding carboxylic acids is 2. The highest BCUT2D eigenvalue weighted by Gasteiger charge is 2.07. The van der Waals surface area contributed by atoms with Crippen LogP contribution in [0.25, 0.3) is 0 Å². The van der Waals surface area contributed by atoms with E-state index < -0.39 is 0 Å². The largest absolute Gasteiger partial charge is 0.349 e. The maximum Gasteiger partial charge on any atom is 0.223 e. The molecular weight excluding hydrogens is 196 g/mol. The highest BCUT2D eigenvalue weighted by atomic mass is 16.2. The van der Waals surface area contributed by atoms with Crippen molar-refractivity contribution in [2.75, 3.05) is 14.1 Å². The van der Waals surface area contributed by atoms with Gasteiger partial charge in [0.15, 0.2) is 5.78 Å². The van der Waals surface area contributed by atoms with Crippen LogP contribution < -0.4 is 0 Å². The van der Waals surface area contributed by atoms with Crippen molar-refractivity contribution in [2.24, 2.45) is 0 Å². The van der Waals surface area contributed by atoms with Gasteiger partial charge in [-0.3, -0.25) is 14.3 Å². The lowest BCUT2D eigenvalue weighted by Crippen LogP contribution is -2.23. The highest BCUT2D eigenvalue weighted by Crippen LogP contribution is 1.97. The molecule has 0 fully saturated rings. The molecule has 1 rings (SSSR count). The summed E-state index contributed by atoms with van der Waals surface area (Å²) in [6.07, 6.45) is 1.90. The SMILES string of the molecule is CC(=O)c1cn(CCC(=O)N(C)C)nn1. The lowest BCUT2D eigenvalue weighted by atomic mass is 10.3. The van der Waals surface area contributed by atoms with Crippen molar-refractivity contribution in [1.82, 2.24) is 19.9 Å². The Bertz CT molecular complexity index is 370. The van der Waals surface area contributed by atoms with E-state index >= 15 is 0 Å². The number of ketones is 1. The molecule has 0 saturated carbocycles. The first kappa shape index (κ1) is 11.4. The second-order valence-corrected chi connectivity index (χ2v) is 3.46. The zero-order chi connectivity index (χ0) is 11.4. The number of aromatic nitrogens is 3. The maximum atomic E-state index is 11.3. The van der Waals surface area contributed by atoms with Crippen molar-refractivity contribution in [2.45, 2.75) is 19.9 Å². The third kappa shape index (κ3) is 3.16. The molecule has 0 spiro atoms. The summed E-state index contributed by atoms with van der Waals surface area (Å²) in [6.45, 7) is 1.87. The van der Waals surface area contributed by atoms with E-state index in [2.05, 4.69) is 10.3 Å². The standard InChI is InChI=1S/C9H14N4O2/c1-7(14)8-6-13(11-10-8)5-4-9(15)12(2)3/h6H,4-5H2,1-3H3. The molecule has 15 heavy (non-hydrogen) atoms. The van der Waals surface area contributed by atoms with Crippen LogP contribution in [0.3, 0.4) is 0 Å². The fourth-order valence-electron chi connectivity index (χ4n) is 1.00. The van der Waals surface area contributed by atoms with Crippen molar-refractivity contribution in [1.29, 1.82) is 0 Å². The van der Waals surface area contributed by atoms with E-state index in [9.17, 15) is 9.59 Å². The van der Waals surface area contributed by atoms with Crippen molar-refractivity contribution in [3.63, 3.8) is 0 Å².